The number of azo groups is 1. The molecule has 6 heteroatoms. The van der Waals surface area contributed by atoms with Gasteiger partial charge in [0.15, 0.2) is 0 Å². The van der Waals surface area contributed by atoms with Gasteiger partial charge in [0.25, 0.3) is 0 Å². The average Bonchev–Trinajstić information content (AvgIpc) is 2.63. The number of nitrogens with zero attached hydrogens (tertiary/aromatic N) is 4. The van der Waals surface area contributed by atoms with Crippen LogP contribution in [0.5, 0.6) is 0 Å². The smallest absolute Gasteiger partial charge is 0.378 e. The van der Waals surface area contributed by atoms with E-state index in [1.807, 2.05) is 23.7 Å². The van der Waals surface area contributed by atoms with Gasteiger partial charge in [-0.2, -0.15) is 0 Å². The summed E-state index contributed by atoms with van der Waals surface area (Å²) in [6.07, 6.45) is 1.70. The maximum Gasteiger partial charge on any atom is 0.378 e. The first-order valence-electron chi connectivity index (χ1n) is 4.33. The molecular formula is C9H10N5S+. The third-order valence-corrected chi connectivity index (χ3v) is 2.53. The Hall–Kier alpha value is -1.82. The van der Waals surface area contributed by atoms with Gasteiger partial charge in [0.1, 0.15) is 17.2 Å². The minimum absolute atomic E-state index is 0.720. The number of aromatic nitrogens is 2. The fraction of sp³-hybridized carbons (Fsp3) is 0.111. The van der Waals surface area contributed by atoms with Gasteiger partial charge >= 0.3 is 5.13 Å². The molecule has 76 valence electrons. The second kappa shape index (κ2) is 4.14. The number of hydrogen-bond donors (Lipinski definition) is 1. The van der Waals surface area contributed by atoms with Gasteiger partial charge in [-0.1, -0.05) is 5.11 Å². The second-order valence-corrected chi connectivity index (χ2v) is 3.76. The Morgan fingerprint density at radius 3 is 2.60 bits per heavy atom. The highest BCUT2D eigenvalue weighted by atomic mass is 32.1. The summed E-state index contributed by atoms with van der Waals surface area (Å²) >= 11 is 1.30. The summed E-state index contributed by atoms with van der Waals surface area (Å²) < 4.78 is 5.79. The van der Waals surface area contributed by atoms with Crippen molar-refractivity contribution in [3.63, 3.8) is 0 Å². The molecule has 2 rings (SSSR count). The molecule has 2 aromatic rings. The summed E-state index contributed by atoms with van der Waals surface area (Å²) in [7, 11) is 1.88. The minimum Gasteiger partial charge on any atom is -0.399 e. The van der Waals surface area contributed by atoms with E-state index in [0.29, 0.717) is 0 Å². The van der Waals surface area contributed by atoms with E-state index in [1.165, 1.54) is 11.5 Å². The zero-order chi connectivity index (χ0) is 10.7. The number of anilines is 1. The third kappa shape index (κ3) is 2.35. The molecule has 0 atom stereocenters. The Kier molecular flexibility index (Phi) is 2.68. The molecule has 15 heavy (non-hydrogen) atoms. The number of aryl methyl sites for hydroxylation is 1. The quantitative estimate of drug-likeness (QED) is 0.477. The first-order chi connectivity index (χ1) is 7.25. The number of nitrogen functional groups attached to an aromatic ring is 1. The number of rotatable bonds is 2. The Morgan fingerprint density at radius 1 is 1.27 bits per heavy atom. The SMILES string of the molecule is C[n+]1cnsc1N=Nc1ccc(N)cc1. The average molecular weight is 220 g/mol. The summed E-state index contributed by atoms with van der Waals surface area (Å²) in [5, 5.41) is 8.89. The zero-order valence-electron chi connectivity index (χ0n) is 8.16. The van der Waals surface area contributed by atoms with Crippen LogP contribution >= 0.6 is 11.5 Å². The molecule has 2 N–H and O–H groups in total. The van der Waals surface area contributed by atoms with Crippen LogP contribution in [0.1, 0.15) is 0 Å². The fourth-order valence-corrected chi connectivity index (χ4v) is 1.52. The highest BCUT2D eigenvalue weighted by Gasteiger charge is 2.06. The van der Waals surface area contributed by atoms with Crippen LogP contribution in [0.3, 0.4) is 0 Å². The molecular weight excluding hydrogens is 210 g/mol. The third-order valence-electron chi connectivity index (χ3n) is 1.80. The van der Waals surface area contributed by atoms with E-state index in [9.17, 15) is 0 Å². The predicted molar refractivity (Wildman–Crippen MR) is 58.3 cm³/mol. The van der Waals surface area contributed by atoms with Crippen molar-refractivity contribution in [2.75, 3.05) is 5.73 Å². The molecule has 0 radical (unpaired) electrons. The molecule has 0 aliphatic carbocycles. The molecule has 0 spiro atoms. The van der Waals surface area contributed by atoms with E-state index in [-0.39, 0.29) is 0 Å². The van der Waals surface area contributed by atoms with Gasteiger partial charge in [0.05, 0.1) is 7.05 Å². The van der Waals surface area contributed by atoms with Crippen molar-refractivity contribution in [1.29, 1.82) is 0 Å². The van der Waals surface area contributed by atoms with Gasteiger partial charge < -0.3 is 5.73 Å². The minimum atomic E-state index is 0.720. The van der Waals surface area contributed by atoms with Crippen LogP contribution in [0.4, 0.5) is 16.5 Å². The first kappa shape index (κ1) is 9.72. The van der Waals surface area contributed by atoms with Crippen molar-refractivity contribution in [2.24, 2.45) is 17.3 Å². The van der Waals surface area contributed by atoms with Crippen molar-refractivity contribution >= 4 is 28.0 Å². The van der Waals surface area contributed by atoms with Crippen LogP contribution in [-0.4, -0.2) is 4.37 Å². The van der Waals surface area contributed by atoms with Crippen molar-refractivity contribution in [3.8, 4) is 0 Å². The van der Waals surface area contributed by atoms with Gasteiger partial charge in [0.2, 0.25) is 6.33 Å². The molecule has 1 aromatic heterocycles. The molecule has 0 fully saturated rings. The Balaban J connectivity index is 2.19. The molecule has 0 aliphatic heterocycles. The maximum atomic E-state index is 5.56. The Labute approximate surface area is 91.1 Å². The molecule has 0 aliphatic rings. The van der Waals surface area contributed by atoms with Gasteiger partial charge in [-0.05, 0) is 28.6 Å². The zero-order valence-corrected chi connectivity index (χ0v) is 8.98. The van der Waals surface area contributed by atoms with E-state index in [2.05, 4.69) is 14.6 Å². The molecule has 0 saturated carbocycles. The monoisotopic (exact) mass is 220 g/mol. The highest BCUT2D eigenvalue weighted by Crippen LogP contribution is 2.18. The number of hydrogen-bond acceptors (Lipinski definition) is 5. The van der Waals surface area contributed by atoms with Crippen LogP contribution < -0.4 is 10.3 Å². The van der Waals surface area contributed by atoms with E-state index in [1.54, 1.807) is 18.5 Å². The Bertz CT molecular complexity index is 474. The maximum absolute atomic E-state index is 5.56. The Morgan fingerprint density at radius 2 is 2.00 bits per heavy atom. The standard InChI is InChI=1S/C9H9N5S/c1-14-6-11-15-9(14)13-12-8-4-2-7(10)3-5-8/h2-6,10H,1H3/p+1. The lowest BCUT2D eigenvalue weighted by Crippen LogP contribution is -2.23. The molecule has 0 amide bonds. The second-order valence-electron chi connectivity index (χ2n) is 3.00. The van der Waals surface area contributed by atoms with Crippen molar-refractivity contribution in [3.05, 3.63) is 30.6 Å². The van der Waals surface area contributed by atoms with Gasteiger partial charge in [-0.3, -0.25) is 0 Å². The van der Waals surface area contributed by atoms with Gasteiger partial charge in [-0.25, -0.2) is 4.57 Å². The normalized spacial score (nSPS) is 11.0. The largest absolute Gasteiger partial charge is 0.399 e. The lowest BCUT2D eigenvalue weighted by Gasteiger charge is -1.90. The molecule has 5 nitrogen and oxygen atoms in total. The fourth-order valence-electron chi connectivity index (χ4n) is 0.986. The van der Waals surface area contributed by atoms with Gasteiger partial charge in [-0.15, -0.1) is 0 Å². The topological polar surface area (TPSA) is 67.5 Å². The van der Waals surface area contributed by atoms with Crippen LogP contribution in [0.2, 0.25) is 0 Å². The summed E-state index contributed by atoms with van der Waals surface area (Å²) in [5.41, 5.74) is 7.05. The summed E-state index contributed by atoms with van der Waals surface area (Å²) in [4.78, 5) is 0. The van der Waals surface area contributed by atoms with E-state index in [4.69, 9.17) is 5.73 Å². The van der Waals surface area contributed by atoms with E-state index < -0.39 is 0 Å². The summed E-state index contributed by atoms with van der Waals surface area (Å²) in [6, 6.07) is 7.22. The number of nitrogens with two attached hydrogens (primary N) is 1. The van der Waals surface area contributed by atoms with Crippen molar-refractivity contribution < 1.29 is 4.57 Å². The van der Waals surface area contributed by atoms with E-state index >= 15 is 0 Å². The predicted octanol–water partition coefficient (Wildman–Crippen LogP) is 1.97. The molecule has 0 saturated heterocycles. The molecule has 0 bridgehead atoms. The van der Waals surface area contributed by atoms with Gasteiger partial charge in [0, 0.05) is 10.8 Å². The first-order valence-corrected chi connectivity index (χ1v) is 5.10. The molecule has 1 aromatic carbocycles. The molecule has 0 unspecified atom stereocenters. The molecule has 1 heterocycles. The van der Waals surface area contributed by atoms with E-state index in [0.717, 1.165) is 16.5 Å². The summed E-state index contributed by atoms with van der Waals surface area (Å²) in [5.74, 6) is 0. The highest BCUT2D eigenvalue weighted by molar-refractivity contribution is 7.08. The lowest BCUT2D eigenvalue weighted by molar-refractivity contribution is -0.656. The van der Waals surface area contributed by atoms with Crippen molar-refractivity contribution in [1.82, 2.24) is 4.37 Å². The summed E-state index contributed by atoms with van der Waals surface area (Å²) in [6.45, 7) is 0. The lowest BCUT2D eigenvalue weighted by atomic mass is 10.3. The van der Waals surface area contributed by atoms with Crippen LogP contribution in [0.25, 0.3) is 0 Å². The van der Waals surface area contributed by atoms with Crippen LogP contribution in [-0.2, 0) is 7.05 Å². The number of benzene rings is 1. The van der Waals surface area contributed by atoms with Crippen LogP contribution in [0.15, 0.2) is 40.8 Å². The van der Waals surface area contributed by atoms with Crippen molar-refractivity contribution in [2.45, 2.75) is 0 Å². The van der Waals surface area contributed by atoms with Crippen LogP contribution in [0, 0.1) is 0 Å².